The van der Waals surface area contributed by atoms with Crippen molar-refractivity contribution in [1.29, 1.82) is 0 Å². The first-order chi connectivity index (χ1) is 32.5. The molecule has 2 heterocycles. The summed E-state index contributed by atoms with van der Waals surface area (Å²) < 4.78 is 87.2. The molecule has 0 saturated carbocycles. The summed E-state index contributed by atoms with van der Waals surface area (Å²) in [5, 5.41) is 0. The van der Waals surface area contributed by atoms with Crippen LogP contribution in [0.4, 0.5) is 4.79 Å². The molecule has 25 heteroatoms. The van der Waals surface area contributed by atoms with E-state index in [1.807, 2.05) is 6.92 Å². The van der Waals surface area contributed by atoms with Crippen LogP contribution in [0.15, 0.2) is 76.5 Å². The lowest BCUT2D eigenvalue weighted by Crippen LogP contribution is -2.33. The number of phosphoric ester groups is 2. The van der Waals surface area contributed by atoms with Gasteiger partial charge >= 0.3 is 41.3 Å². The molecule has 0 amide bonds. The highest BCUT2D eigenvalue weighted by Crippen LogP contribution is 2.69. The van der Waals surface area contributed by atoms with Crippen molar-refractivity contribution in [3.8, 4) is 11.5 Å². The maximum absolute atomic E-state index is 13.9. The van der Waals surface area contributed by atoms with Crippen molar-refractivity contribution in [3.05, 3.63) is 104 Å². The van der Waals surface area contributed by atoms with Crippen LogP contribution in [-0.2, 0) is 63.4 Å². The fraction of sp³-hybridized carbons (Fsp3) is 0.556. The van der Waals surface area contributed by atoms with Gasteiger partial charge in [0, 0.05) is 18.2 Å². The predicted molar refractivity (Wildman–Crippen MR) is 260 cm³/mol. The summed E-state index contributed by atoms with van der Waals surface area (Å²) >= 11 is 0. The molecular formula is C45H71N4O18P3. The van der Waals surface area contributed by atoms with E-state index < -0.39 is 79.0 Å². The molecule has 3 aromatic rings. The normalized spacial score (nSPS) is 16.8. The number of hydrogen-bond acceptors (Lipinski definition) is 18. The Balaban J connectivity index is 0.00000840. The second-order valence-electron chi connectivity index (χ2n) is 16.1. The standard InChI is InChI=1S/C45H65N2O18P3.2H3N/c1-4-6-8-9-10-11-12-13-14-15-16-17-18-30-57-45(51)63-39-26-22-37(23-27-39)33-60-68(56,59-32-36-20-24-38(25-21-36)62-42(48)19-7-5-2)65-67(54,55)64-66(52,53)58-34-40-28-29-41(61-40)47-31-35(3)43(49)46-44(47)50;;/h20-29,31,40-41H,4-19,30,32-34H2,1-3H3,(H,52,53)(H,54,55)(H,46,49,50);2*1H3/t40-,41+,68?;;/m0../s1. The first-order valence-corrected chi connectivity index (χ1v) is 27.4. The number of carbonyl (C=O) groups excluding carboxylic acids is 2. The number of nitrogens with zero attached hydrogens (tertiary/aromatic N) is 1. The van der Waals surface area contributed by atoms with Crippen molar-refractivity contribution in [2.45, 2.75) is 149 Å². The summed E-state index contributed by atoms with van der Waals surface area (Å²) in [4.78, 5) is 71.4. The van der Waals surface area contributed by atoms with Crippen LogP contribution in [0, 0.1) is 6.92 Å². The number of aromatic nitrogens is 2. The number of esters is 1. The van der Waals surface area contributed by atoms with Crippen LogP contribution < -0.4 is 33.0 Å². The Bertz CT molecular complexity index is 2330. The Morgan fingerprint density at radius 3 is 1.73 bits per heavy atom. The zero-order chi connectivity index (χ0) is 49.4. The Morgan fingerprint density at radius 1 is 0.671 bits per heavy atom. The Labute approximate surface area is 408 Å². The first-order valence-electron chi connectivity index (χ1n) is 23.0. The van der Waals surface area contributed by atoms with E-state index >= 15 is 0 Å². The molecule has 2 aromatic carbocycles. The van der Waals surface area contributed by atoms with E-state index in [9.17, 15) is 42.7 Å². The number of benzene rings is 2. The van der Waals surface area contributed by atoms with Crippen LogP contribution in [0.2, 0.25) is 0 Å². The molecule has 1 aliphatic rings. The van der Waals surface area contributed by atoms with Crippen molar-refractivity contribution in [2.75, 3.05) is 13.2 Å². The largest absolute Gasteiger partial charge is 0.513 e. The van der Waals surface area contributed by atoms with Gasteiger partial charge in [0.2, 0.25) is 0 Å². The molecule has 9 N–H and O–H groups in total. The van der Waals surface area contributed by atoms with Gasteiger partial charge in [0.1, 0.15) is 17.6 Å². The third-order valence-corrected chi connectivity index (χ3v) is 14.9. The molecular weight excluding hydrogens is 977 g/mol. The summed E-state index contributed by atoms with van der Waals surface area (Å²) in [6.45, 7) is 3.97. The van der Waals surface area contributed by atoms with E-state index in [0.29, 0.717) is 24.0 Å². The number of hydrogen-bond donors (Lipinski definition) is 5. The molecule has 0 radical (unpaired) electrons. The molecule has 4 rings (SSSR count). The number of phosphoric acid groups is 3. The average Bonchev–Trinajstić information content (AvgIpc) is 3.77. The lowest BCUT2D eigenvalue weighted by Gasteiger charge is -2.22. The smallest absolute Gasteiger partial charge is 0.434 e. The molecule has 1 aliphatic heterocycles. The highest BCUT2D eigenvalue weighted by molar-refractivity contribution is 7.67. The lowest BCUT2D eigenvalue weighted by atomic mass is 10.0. The van der Waals surface area contributed by atoms with E-state index in [1.54, 1.807) is 0 Å². The van der Waals surface area contributed by atoms with Crippen LogP contribution in [0.1, 0.15) is 139 Å². The molecule has 1 aromatic heterocycles. The topological polar surface area (TPSA) is 334 Å². The molecule has 0 spiro atoms. The van der Waals surface area contributed by atoms with Crippen molar-refractivity contribution >= 4 is 35.6 Å². The van der Waals surface area contributed by atoms with Gasteiger partial charge < -0.3 is 41.0 Å². The van der Waals surface area contributed by atoms with Gasteiger partial charge in [-0.3, -0.25) is 32.7 Å². The number of aryl methyl sites for hydroxylation is 1. The van der Waals surface area contributed by atoms with Crippen LogP contribution in [0.25, 0.3) is 0 Å². The average molecular weight is 1050 g/mol. The fourth-order valence-electron chi connectivity index (χ4n) is 6.58. The fourth-order valence-corrected chi connectivity index (χ4v) is 10.6. The summed E-state index contributed by atoms with van der Waals surface area (Å²) in [5.41, 5.74) is -0.535. The highest BCUT2D eigenvalue weighted by atomic mass is 31.3. The van der Waals surface area contributed by atoms with Crippen molar-refractivity contribution in [3.63, 3.8) is 0 Å². The van der Waals surface area contributed by atoms with Gasteiger partial charge in [-0.1, -0.05) is 128 Å². The number of rotatable bonds is 33. The van der Waals surface area contributed by atoms with E-state index in [1.165, 1.54) is 132 Å². The number of unbranched alkanes of at least 4 members (excludes halogenated alkanes) is 13. The van der Waals surface area contributed by atoms with Crippen LogP contribution in [0.3, 0.4) is 0 Å². The molecule has 22 nitrogen and oxygen atoms in total. The van der Waals surface area contributed by atoms with Crippen LogP contribution >= 0.6 is 23.5 Å². The second-order valence-corrected chi connectivity index (χ2v) is 21.0. The Hall–Kier alpha value is -4.11. The summed E-state index contributed by atoms with van der Waals surface area (Å²) in [6, 6.07) is 11.5. The molecule has 0 fully saturated rings. The molecule has 0 bridgehead atoms. The highest BCUT2D eigenvalue weighted by Gasteiger charge is 2.44. The number of aromatic amines is 1. The summed E-state index contributed by atoms with van der Waals surface area (Å²) in [7, 11) is -16.5. The Morgan fingerprint density at radius 2 is 1.19 bits per heavy atom. The van der Waals surface area contributed by atoms with Crippen molar-refractivity contribution in [1.82, 2.24) is 21.9 Å². The quantitative estimate of drug-likeness (QED) is 0.00944. The number of ether oxygens (including phenoxy) is 4. The SMILES string of the molecule is CCCCCCCCCCCCCCCOC(=O)Oc1ccc(COP(=O)(OCc2ccc(OC(=O)CCCC)cc2)OP(=O)(O)OP(=O)(O)OC[C@@H]2C=C[C@H](n3cc(C)c(=O)[nH]c3=O)O2)cc1.N.N. The number of nitrogens with one attached hydrogen (secondary N) is 1. The molecule has 3 unspecified atom stereocenters. The van der Waals surface area contributed by atoms with Crippen molar-refractivity contribution in [2.24, 2.45) is 0 Å². The molecule has 394 valence electrons. The van der Waals surface area contributed by atoms with E-state index in [4.69, 9.17) is 36.8 Å². The van der Waals surface area contributed by atoms with Gasteiger partial charge in [0.05, 0.1) is 26.4 Å². The van der Waals surface area contributed by atoms with Crippen LogP contribution in [-0.4, -0.2) is 50.8 Å². The Kier molecular flexibility index (Phi) is 28.4. The zero-order valence-electron chi connectivity index (χ0n) is 40.3. The first kappa shape index (κ1) is 62.0. The minimum atomic E-state index is -5.82. The third kappa shape index (κ3) is 23.9. The molecule has 0 aliphatic carbocycles. The minimum Gasteiger partial charge on any atom is -0.434 e. The van der Waals surface area contributed by atoms with E-state index in [-0.39, 0.29) is 42.4 Å². The van der Waals surface area contributed by atoms with Gasteiger partial charge in [0.15, 0.2) is 6.23 Å². The summed E-state index contributed by atoms with van der Waals surface area (Å²) in [6.07, 6.45) is 18.2. The minimum absolute atomic E-state index is 0. The van der Waals surface area contributed by atoms with E-state index in [2.05, 4.69) is 16.2 Å². The van der Waals surface area contributed by atoms with Crippen molar-refractivity contribution < 1.29 is 74.2 Å². The molecule has 5 atom stereocenters. The monoisotopic (exact) mass is 1050 g/mol. The molecule has 70 heavy (non-hydrogen) atoms. The maximum Gasteiger partial charge on any atom is 0.513 e. The third-order valence-electron chi connectivity index (χ3n) is 10.3. The second kappa shape index (κ2) is 32.1. The summed E-state index contributed by atoms with van der Waals surface area (Å²) in [5.74, 6) is -0.0805. The maximum atomic E-state index is 13.9. The van der Waals surface area contributed by atoms with E-state index in [0.717, 1.165) is 30.3 Å². The number of carbonyl (C=O) groups is 2. The van der Waals surface area contributed by atoms with Gasteiger partial charge in [-0.2, -0.15) is 8.62 Å². The van der Waals surface area contributed by atoms with Gasteiger partial charge in [-0.15, -0.1) is 0 Å². The van der Waals surface area contributed by atoms with Gasteiger partial charge in [-0.25, -0.2) is 23.3 Å². The van der Waals surface area contributed by atoms with Crippen LogP contribution in [0.5, 0.6) is 11.5 Å². The van der Waals surface area contributed by atoms with Gasteiger partial charge in [0.25, 0.3) is 5.56 Å². The molecule has 0 saturated heterocycles. The number of H-pyrrole nitrogens is 1. The zero-order valence-corrected chi connectivity index (χ0v) is 43.0. The van der Waals surface area contributed by atoms with Gasteiger partial charge in [-0.05, 0) is 61.2 Å². The lowest BCUT2D eigenvalue weighted by molar-refractivity contribution is -0.134. The predicted octanol–water partition coefficient (Wildman–Crippen LogP) is 11.1.